The van der Waals surface area contributed by atoms with Crippen molar-refractivity contribution in [3.05, 3.63) is 0 Å². The Morgan fingerprint density at radius 3 is 2.33 bits per heavy atom. The van der Waals surface area contributed by atoms with Crippen LogP contribution in [0.2, 0.25) is 0 Å². The normalized spacial score (nSPS) is 20.0. The molecule has 0 aliphatic heterocycles. The second-order valence-electron chi connectivity index (χ2n) is 6.35. The highest BCUT2D eigenvalue weighted by molar-refractivity contribution is 4.83. The molecule has 0 aromatic carbocycles. The summed E-state index contributed by atoms with van der Waals surface area (Å²) in [7, 11) is 0. The Hall–Kier alpha value is -0.0400. The van der Waals surface area contributed by atoms with Gasteiger partial charge in [-0.1, -0.05) is 34.1 Å². The Kier molecular flexibility index (Phi) is 5.11. The number of hydrogen-bond donors (Lipinski definition) is 1. The van der Waals surface area contributed by atoms with E-state index >= 15 is 0 Å². The van der Waals surface area contributed by atoms with Crippen molar-refractivity contribution >= 4 is 0 Å². The number of rotatable bonds is 6. The van der Waals surface area contributed by atoms with E-state index in [0.717, 1.165) is 12.0 Å². The molecule has 1 rings (SSSR count). The molecule has 0 aromatic rings. The van der Waals surface area contributed by atoms with Crippen LogP contribution < -0.4 is 5.32 Å². The van der Waals surface area contributed by atoms with Gasteiger partial charge in [0, 0.05) is 6.04 Å². The van der Waals surface area contributed by atoms with Crippen molar-refractivity contribution in [1.29, 1.82) is 0 Å². The first-order chi connectivity index (χ1) is 7.03. The van der Waals surface area contributed by atoms with E-state index in [1.165, 1.54) is 45.1 Å². The highest BCUT2D eigenvalue weighted by Crippen LogP contribution is 2.33. The number of hydrogen-bond acceptors (Lipinski definition) is 1. The van der Waals surface area contributed by atoms with Crippen LogP contribution in [-0.2, 0) is 0 Å². The summed E-state index contributed by atoms with van der Waals surface area (Å²) < 4.78 is 0. The topological polar surface area (TPSA) is 12.0 Å². The first kappa shape index (κ1) is 13.0. The Bertz CT molecular complexity index is 165. The molecule has 1 unspecified atom stereocenters. The zero-order valence-electron chi connectivity index (χ0n) is 11.1. The van der Waals surface area contributed by atoms with Crippen LogP contribution in [0.15, 0.2) is 0 Å². The second kappa shape index (κ2) is 5.89. The highest BCUT2D eigenvalue weighted by Gasteiger charge is 2.27. The lowest BCUT2D eigenvalue weighted by Crippen LogP contribution is -2.40. The van der Waals surface area contributed by atoms with E-state index in [1.807, 2.05) is 0 Å². The van der Waals surface area contributed by atoms with Crippen molar-refractivity contribution < 1.29 is 0 Å². The summed E-state index contributed by atoms with van der Waals surface area (Å²) in [6.07, 6.45) is 8.37. The van der Waals surface area contributed by atoms with Crippen molar-refractivity contribution in [2.75, 3.05) is 6.54 Å². The standard InChI is InChI=1S/C14H29N/c1-5-11-15-13(12-7-6-8-12)9-10-14(2,3)4/h12-13,15H,5-11H2,1-4H3. The van der Waals surface area contributed by atoms with E-state index in [0.29, 0.717) is 5.41 Å². The summed E-state index contributed by atoms with van der Waals surface area (Å²) in [5.74, 6) is 0.985. The van der Waals surface area contributed by atoms with Gasteiger partial charge in [0.05, 0.1) is 0 Å². The molecule has 1 aliphatic rings. The Labute approximate surface area is 96.0 Å². The van der Waals surface area contributed by atoms with Crippen molar-refractivity contribution in [3.8, 4) is 0 Å². The molecular weight excluding hydrogens is 182 g/mol. The molecule has 1 atom stereocenters. The fraction of sp³-hybridized carbons (Fsp3) is 1.00. The fourth-order valence-electron chi connectivity index (χ4n) is 2.26. The monoisotopic (exact) mass is 211 g/mol. The molecule has 0 spiro atoms. The van der Waals surface area contributed by atoms with Crippen LogP contribution in [0.25, 0.3) is 0 Å². The molecule has 1 heteroatoms. The van der Waals surface area contributed by atoms with E-state index in [9.17, 15) is 0 Å². The molecule has 1 aliphatic carbocycles. The first-order valence-electron chi connectivity index (χ1n) is 6.76. The predicted molar refractivity (Wildman–Crippen MR) is 68.1 cm³/mol. The van der Waals surface area contributed by atoms with Gasteiger partial charge in [0.25, 0.3) is 0 Å². The molecule has 1 nitrogen and oxygen atoms in total. The van der Waals surface area contributed by atoms with Crippen molar-refractivity contribution in [2.24, 2.45) is 11.3 Å². The molecule has 15 heavy (non-hydrogen) atoms. The van der Waals surface area contributed by atoms with Crippen molar-refractivity contribution in [3.63, 3.8) is 0 Å². The van der Waals surface area contributed by atoms with Gasteiger partial charge in [-0.05, 0) is 50.0 Å². The third-order valence-corrected chi connectivity index (χ3v) is 3.58. The molecule has 0 aromatic heterocycles. The van der Waals surface area contributed by atoms with Gasteiger partial charge < -0.3 is 5.32 Å². The lowest BCUT2D eigenvalue weighted by molar-refractivity contribution is 0.200. The van der Waals surface area contributed by atoms with Crippen LogP contribution in [-0.4, -0.2) is 12.6 Å². The van der Waals surface area contributed by atoms with E-state index in [1.54, 1.807) is 0 Å². The lowest BCUT2D eigenvalue weighted by Gasteiger charge is -2.36. The van der Waals surface area contributed by atoms with Crippen LogP contribution >= 0.6 is 0 Å². The molecule has 90 valence electrons. The molecule has 1 N–H and O–H groups in total. The molecule has 1 fully saturated rings. The minimum absolute atomic E-state index is 0.496. The summed E-state index contributed by atoms with van der Waals surface area (Å²) in [6, 6.07) is 0.804. The Morgan fingerprint density at radius 1 is 1.27 bits per heavy atom. The lowest BCUT2D eigenvalue weighted by atomic mass is 9.76. The van der Waals surface area contributed by atoms with E-state index in [4.69, 9.17) is 0 Å². The van der Waals surface area contributed by atoms with Crippen LogP contribution in [0, 0.1) is 11.3 Å². The van der Waals surface area contributed by atoms with Gasteiger partial charge in [0.1, 0.15) is 0 Å². The minimum atomic E-state index is 0.496. The third-order valence-electron chi connectivity index (χ3n) is 3.58. The molecule has 0 saturated heterocycles. The maximum absolute atomic E-state index is 3.74. The van der Waals surface area contributed by atoms with Gasteiger partial charge >= 0.3 is 0 Å². The van der Waals surface area contributed by atoms with Gasteiger partial charge in [0.15, 0.2) is 0 Å². The fourth-order valence-corrected chi connectivity index (χ4v) is 2.26. The number of nitrogens with one attached hydrogen (secondary N) is 1. The molecule has 0 bridgehead atoms. The smallest absolute Gasteiger partial charge is 0.00955 e. The zero-order valence-corrected chi connectivity index (χ0v) is 11.1. The van der Waals surface area contributed by atoms with Gasteiger partial charge in [-0.2, -0.15) is 0 Å². The Balaban J connectivity index is 2.28. The SMILES string of the molecule is CCCNC(CCC(C)(C)C)C1CCC1. The van der Waals surface area contributed by atoms with Gasteiger partial charge in [-0.15, -0.1) is 0 Å². The summed E-state index contributed by atoms with van der Waals surface area (Å²) in [6.45, 7) is 10.5. The maximum atomic E-state index is 3.74. The van der Waals surface area contributed by atoms with E-state index < -0.39 is 0 Å². The summed E-state index contributed by atoms with van der Waals surface area (Å²) in [5.41, 5.74) is 0.496. The molecular formula is C14H29N. The molecule has 0 radical (unpaired) electrons. The molecule has 0 amide bonds. The summed E-state index contributed by atoms with van der Waals surface area (Å²) >= 11 is 0. The third kappa shape index (κ3) is 5.01. The van der Waals surface area contributed by atoms with Crippen molar-refractivity contribution in [2.45, 2.75) is 72.3 Å². The van der Waals surface area contributed by atoms with Crippen LogP contribution in [0.5, 0.6) is 0 Å². The van der Waals surface area contributed by atoms with Crippen LogP contribution in [0.1, 0.15) is 66.2 Å². The average molecular weight is 211 g/mol. The zero-order chi connectivity index (χ0) is 11.3. The average Bonchev–Trinajstić information content (AvgIpc) is 2.05. The van der Waals surface area contributed by atoms with E-state index in [-0.39, 0.29) is 0 Å². The van der Waals surface area contributed by atoms with Crippen LogP contribution in [0.3, 0.4) is 0 Å². The minimum Gasteiger partial charge on any atom is -0.314 e. The van der Waals surface area contributed by atoms with Gasteiger partial charge in [-0.3, -0.25) is 0 Å². The van der Waals surface area contributed by atoms with Gasteiger partial charge in [-0.25, -0.2) is 0 Å². The summed E-state index contributed by atoms with van der Waals surface area (Å²) in [4.78, 5) is 0. The van der Waals surface area contributed by atoms with Gasteiger partial charge in [0.2, 0.25) is 0 Å². The predicted octanol–water partition coefficient (Wildman–Crippen LogP) is 3.98. The Morgan fingerprint density at radius 2 is 1.93 bits per heavy atom. The van der Waals surface area contributed by atoms with Crippen molar-refractivity contribution in [1.82, 2.24) is 5.32 Å². The highest BCUT2D eigenvalue weighted by atomic mass is 14.9. The first-order valence-corrected chi connectivity index (χ1v) is 6.76. The molecule has 0 heterocycles. The maximum Gasteiger partial charge on any atom is 0.00955 e. The summed E-state index contributed by atoms with van der Waals surface area (Å²) in [5, 5.41) is 3.74. The van der Waals surface area contributed by atoms with E-state index in [2.05, 4.69) is 33.0 Å². The largest absolute Gasteiger partial charge is 0.314 e. The quantitative estimate of drug-likeness (QED) is 0.700. The molecule has 1 saturated carbocycles. The second-order valence-corrected chi connectivity index (χ2v) is 6.35. The van der Waals surface area contributed by atoms with Crippen LogP contribution in [0.4, 0.5) is 0 Å².